The lowest BCUT2D eigenvalue weighted by molar-refractivity contribution is -0.870. The second kappa shape index (κ2) is 14.6. The predicted molar refractivity (Wildman–Crippen MR) is 164 cm³/mol. The summed E-state index contributed by atoms with van der Waals surface area (Å²) in [6.07, 6.45) is 5.29. The van der Waals surface area contributed by atoms with Crippen molar-refractivity contribution in [1.82, 2.24) is 19.6 Å². The molecule has 0 aromatic heterocycles. The Bertz CT molecular complexity index is 1120. The van der Waals surface area contributed by atoms with E-state index in [1.54, 1.807) is 11.9 Å². The summed E-state index contributed by atoms with van der Waals surface area (Å²) in [5, 5.41) is 10.6. The molecule has 4 rings (SSSR count). The molecule has 3 aliphatic rings. The van der Waals surface area contributed by atoms with Crippen LogP contribution in [0.3, 0.4) is 0 Å². The number of nitrogens with zero attached hydrogens (tertiary/aromatic N) is 5. The molecule has 1 aromatic rings. The summed E-state index contributed by atoms with van der Waals surface area (Å²) < 4.78 is 12.0. The number of hydrogen-bond acceptors (Lipinski definition) is 6. The quantitative estimate of drug-likeness (QED) is 0.243. The Hall–Kier alpha value is -3.05. The highest BCUT2D eigenvalue weighted by Gasteiger charge is 2.47. The van der Waals surface area contributed by atoms with Crippen LogP contribution in [-0.2, 0) is 9.59 Å². The fourth-order valence-corrected chi connectivity index (χ4v) is 6.63. The maximum Gasteiger partial charge on any atom is 0.319 e. The van der Waals surface area contributed by atoms with Gasteiger partial charge in [-0.25, -0.2) is 4.79 Å². The van der Waals surface area contributed by atoms with E-state index in [9.17, 15) is 19.5 Å². The van der Waals surface area contributed by atoms with E-state index < -0.39 is 11.9 Å². The lowest BCUT2D eigenvalue weighted by Crippen LogP contribution is -2.50. The van der Waals surface area contributed by atoms with Crippen LogP contribution in [0.1, 0.15) is 56.9 Å². The van der Waals surface area contributed by atoms with E-state index >= 15 is 0 Å². The van der Waals surface area contributed by atoms with Crippen molar-refractivity contribution < 1.29 is 33.4 Å². The third-order valence-electron chi connectivity index (χ3n) is 9.05. The number of carboxylic acids is 1. The zero-order valence-electron chi connectivity index (χ0n) is 26.8. The first-order chi connectivity index (χ1) is 20.5. The van der Waals surface area contributed by atoms with Gasteiger partial charge < -0.3 is 33.8 Å². The monoisotopic (exact) mass is 602 g/mol. The molecule has 2 saturated heterocycles. The average Bonchev–Trinajstić information content (AvgIpc) is 3.57. The van der Waals surface area contributed by atoms with Crippen molar-refractivity contribution in [3.8, 4) is 11.5 Å². The SMILES string of the molecule is CCCCN(CCCC[N+](C)(C)C)C(=O)CN1C[C@H](c2ccc3c(c2)OCO3)C(C(=O)O)[C@@H]1CCN1CCCN(C)C1=O. The van der Waals surface area contributed by atoms with Crippen LogP contribution < -0.4 is 9.47 Å². The van der Waals surface area contributed by atoms with E-state index in [4.69, 9.17) is 9.47 Å². The summed E-state index contributed by atoms with van der Waals surface area (Å²) in [6.45, 7) is 7.21. The van der Waals surface area contributed by atoms with Crippen LogP contribution in [0.5, 0.6) is 11.5 Å². The molecule has 3 atom stereocenters. The van der Waals surface area contributed by atoms with Crippen LogP contribution in [-0.4, -0.2) is 140 Å². The van der Waals surface area contributed by atoms with Gasteiger partial charge in [-0.05, 0) is 49.8 Å². The normalized spacial score (nSPS) is 22.3. The zero-order valence-corrected chi connectivity index (χ0v) is 26.8. The summed E-state index contributed by atoms with van der Waals surface area (Å²) in [4.78, 5) is 47.1. The number of benzene rings is 1. The highest BCUT2D eigenvalue weighted by atomic mass is 16.7. The van der Waals surface area contributed by atoms with Crippen LogP contribution in [0.25, 0.3) is 0 Å². The van der Waals surface area contributed by atoms with Gasteiger partial charge in [0, 0.05) is 58.3 Å². The Balaban J connectivity index is 1.54. The Kier molecular flexibility index (Phi) is 11.2. The van der Waals surface area contributed by atoms with Crippen molar-refractivity contribution >= 4 is 17.9 Å². The van der Waals surface area contributed by atoms with Crippen molar-refractivity contribution in [3.63, 3.8) is 0 Å². The first kappa shape index (κ1) is 32.9. The van der Waals surface area contributed by atoms with E-state index in [1.807, 2.05) is 28.0 Å². The van der Waals surface area contributed by atoms with Crippen LogP contribution >= 0.6 is 0 Å². The number of hydrogen-bond donors (Lipinski definition) is 1. The Morgan fingerprint density at radius 3 is 2.53 bits per heavy atom. The van der Waals surface area contributed by atoms with Crippen molar-refractivity contribution in [2.45, 2.75) is 57.4 Å². The van der Waals surface area contributed by atoms with E-state index in [2.05, 4.69) is 33.0 Å². The Morgan fingerprint density at radius 2 is 1.81 bits per heavy atom. The van der Waals surface area contributed by atoms with Crippen LogP contribution in [0.15, 0.2) is 18.2 Å². The lowest BCUT2D eigenvalue weighted by atomic mass is 9.84. The van der Waals surface area contributed by atoms with Gasteiger partial charge in [-0.15, -0.1) is 0 Å². The molecule has 0 spiro atoms. The summed E-state index contributed by atoms with van der Waals surface area (Å²) in [5.41, 5.74) is 0.869. The Labute approximate surface area is 256 Å². The first-order valence-corrected chi connectivity index (χ1v) is 15.9. The number of amides is 3. The number of aliphatic carboxylic acids is 1. The molecule has 3 amide bonds. The second-order valence-electron chi connectivity index (χ2n) is 13.4. The van der Waals surface area contributed by atoms with E-state index in [1.165, 1.54) is 0 Å². The average molecular weight is 603 g/mol. The molecular formula is C32H52N5O6+. The molecule has 240 valence electrons. The molecule has 1 aromatic carbocycles. The van der Waals surface area contributed by atoms with Gasteiger partial charge in [-0.3, -0.25) is 14.5 Å². The van der Waals surface area contributed by atoms with Crippen molar-refractivity contribution in [3.05, 3.63) is 23.8 Å². The summed E-state index contributed by atoms with van der Waals surface area (Å²) in [5.74, 6) is -0.602. The molecule has 3 aliphatic heterocycles. The van der Waals surface area contributed by atoms with Gasteiger partial charge in [0.25, 0.3) is 0 Å². The molecule has 0 radical (unpaired) electrons. The van der Waals surface area contributed by atoms with Gasteiger partial charge in [-0.2, -0.15) is 0 Å². The maximum atomic E-state index is 13.8. The number of fused-ring (bicyclic) bond motifs is 1. The van der Waals surface area contributed by atoms with Gasteiger partial charge in [0.1, 0.15) is 0 Å². The number of ether oxygens (including phenoxy) is 2. The molecule has 0 bridgehead atoms. The predicted octanol–water partition coefficient (Wildman–Crippen LogP) is 3.15. The summed E-state index contributed by atoms with van der Waals surface area (Å²) >= 11 is 0. The molecular weight excluding hydrogens is 550 g/mol. The van der Waals surface area contributed by atoms with E-state index in [-0.39, 0.29) is 37.2 Å². The molecule has 3 heterocycles. The zero-order chi connectivity index (χ0) is 31.1. The minimum atomic E-state index is -0.882. The molecule has 0 aliphatic carbocycles. The third kappa shape index (κ3) is 8.53. The molecule has 1 unspecified atom stereocenters. The molecule has 43 heavy (non-hydrogen) atoms. The number of carboxylic acid groups (broad SMARTS) is 1. The minimum Gasteiger partial charge on any atom is -0.481 e. The molecule has 0 saturated carbocycles. The molecule has 11 heteroatoms. The number of carbonyl (C=O) groups is 3. The Morgan fingerprint density at radius 1 is 1.07 bits per heavy atom. The molecule has 1 N–H and O–H groups in total. The molecule has 11 nitrogen and oxygen atoms in total. The van der Waals surface area contributed by atoms with Crippen LogP contribution in [0.2, 0.25) is 0 Å². The fourth-order valence-electron chi connectivity index (χ4n) is 6.63. The fraction of sp³-hybridized carbons (Fsp3) is 0.719. The third-order valence-corrected chi connectivity index (χ3v) is 9.05. The lowest BCUT2D eigenvalue weighted by Gasteiger charge is -2.35. The number of rotatable bonds is 15. The second-order valence-corrected chi connectivity index (χ2v) is 13.4. The smallest absolute Gasteiger partial charge is 0.319 e. The highest BCUT2D eigenvalue weighted by Crippen LogP contribution is 2.42. The van der Waals surface area contributed by atoms with Gasteiger partial charge >= 0.3 is 12.0 Å². The first-order valence-electron chi connectivity index (χ1n) is 15.9. The van der Waals surface area contributed by atoms with Gasteiger partial charge in [-0.1, -0.05) is 19.4 Å². The van der Waals surface area contributed by atoms with Crippen molar-refractivity contribution in [1.29, 1.82) is 0 Å². The maximum absolute atomic E-state index is 13.8. The topological polar surface area (TPSA) is 103 Å². The van der Waals surface area contributed by atoms with Gasteiger partial charge in [0.15, 0.2) is 11.5 Å². The number of quaternary nitrogens is 1. The van der Waals surface area contributed by atoms with Crippen molar-refractivity contribution in [2.24, 2.45) is 5.92 Å². The minimum absolute atomic E-state index is 0.0225. The summed E-state index contributed by atoms with van der Waals surface area (Å²) in [7, 11) is 8.34. The number of carbonyl (C=O) groups excluding carboxylic acids is 2. The standard InChI is InChI=1S/C32H51N5O6/c1-6-7-15-34(16-8-9-19-37(3,4)5)29(38)22-36-21-25(24-11-12-27-28(20-24)43-23-42-27)30(31(39)40)26(36)13-18-35-17-10-14-33(2)32(35)41/h11-12,20,25-26,30H,6-10,13-19,21-23H2,1-5H3/p+1/t25-,26+,30?/m1/s1. The molecule has 2 fully saturated rings. The van der Waals surface area contributed by atoms with Crippen molar-refractivity contribution in [2.75, 3.05) is 87.3 Å². The number of likely N-dealkylation sites (tertiary alicyclic amines) is 1. The number of unbranched alkanes of at least 4 members (excludes halogenated alkanes) is 2. The van der Waals surface area contributed by atoms with Gasteiger partial charge in [0.2, 0.25) is 12.7 Å². The van der Waals surface area contributed by atoms with Gasteiger partial charge in [0.05, 0.1) is 40.2 Å². The largest absolute Gasteiger partial charge is 0.481 e. The van der Waals surface area contributed by atoms with Crippen LogP contribution in [0, 0.1) is 5.92 Å². The van der Waals surface area contributed by atoms with Crippen LogP contribution in [0.4, 0.5) is 4.79 Å². The highest BCUT2D eigenvalue weighted by molar-refractivity contribution is 5.79. The van der Waals surface area contributed by atoms with E-state index in [0.29, 0.717) is 50.6 Å². The summed E-state index contributed by atoms with van der Waals surface area (Å²) in [6, 6.07) is 5.23. The number of urea groups is 1. The van der Waals surface area contributed by atoms with E-state index in [0.717, 1.165) is 55.2 Å².